The molecule has 0 rings (SSSR count). The van der Waals surface area contributed by atoms with Gasteiger partial charge in [-0.05, 0) is 77.0 Å². The fourth-order valence-electron chi connectivity index (χ4n) is 5.80. The van der Waals surface area contributed by atoms with Crippen molar-refractivity contribution in [2.45, 2.75) is 199 Å². The lowest BCUT2D eigenvalue weighted by atomic mass is 10.1. The lowest BCUT2D eigenvalue weighted by Crippen LogP contribution is -2.46. The number of allylic oxidation sites excluding steroid dienone is 9. The van der Waals surface area contributed by atoms with Gasteiger partial charge in [0.25, 0.3) is 10.1 Å². The predicted octanol–water partition coefficient (Wildman–Crippen LogP) is 12.1. The van der Waals surface area contributed by atoms with Gasteiger partial charge in [-0.2, -0.15) is 8.42 Å². The van der Waals surface area contributed by atoms with Gasteiger partial charge in [-0.3, -0.25) is 9.35 Å². The Morgan fingerprint density at radius 1 is 0.540 bits per heavy atom. The molecule has 2 atom stereocenters. The highest BCUT2D eigenvalue weighted by Crippen LogP contribution is 2.13. The number of aliphatic hydroxyl groups is 1. The van der Waals surface area contributed by atoms with E-state index in [9.17, 15) is 22.9 Å². The Labute approximate surface area is 309 Å². The molecule has 0 fully saturated rings. The standard InChI is InChI=1S/C43H77NO5S/c1-3-5-7-9-11-13-15-17-19-20-21-22-23-24-25-27-29-31-33-35-37-39-43(46)44-41(40-50(47,48)49)42(45)38-36-34-32-30-28-26-18-16-14-12-10-8-6-4-2/h14-17,20-21,28,30,36,38,41-42,45H,3-13,18-19,22-27,29,31-35,37,39-40H2,1-2H3,(H,44,46)(H,47,48,49)/b16-14+,17-15-,21-20-,30-28+,38-36+. The number of hydrogen-bond acceptors (Lipinski definition) is 4. The van der Waals surface area contributed by atoms with Crippen molar-refractivity contribution < 1.29 is 22.9 Å². The molecule has 0 radical (unpaired) electrons. The van der Waals surface area contributed by atoms with E-state index in [4.69, 9.17) is 0 Å². The van der Waals surface area contributed by atoms with Crippen LogP contribution in [0.4, 0.5) is 0 Å². The minimum atomic E-state index is -4.36. The third kappa shape index (κ3) is 37.3. The molecular weight excluding hydrogens is 643 g/mol. The van der Waals surface area contributed by atoms with E-state index in [0.29, 0.717) is 6.42 Å². The number of carbonyl (C=O) groups excluding carboxylic acids is 1. The predicted molar refractivity (Wildman–Crippen MR) is 216 cm³/mol. The smallest absolute Gasteiger partial charge is 0.267 e. The van der Waals surface area contributed by atoms with E-state index >= 15 is 0 Å². The van der Waals surface area contributed by atoms with Gasteiger partial charge in [0.2, 0.25) is 5.91 Å². The molecular formula is C43H77NO5S. The van der Waals surface area contributed by atoms with Crippen LogP contribution in [-0.2, 0) is 14.9 Å². The van der Waals surface area contributed by atoms with E-state index in [1.807, 2.05) is 0 Å². The number of rotatable bonds is 36. The van der Waals surface area contributed by atoms with E-state index in [0.717, 1.165) is 57.8 Å². The molecule has 0 saturated carbocycles. The summed E-state index contributed by atoms with van der Waals surface area (Å²) in [5.41, 5.74) is 0. The number of hydrogen-bond donors (Lipinski definition) is 3. The second-order valence-electron chi connectivity index (χ2n) is 13.9. The number of amides is 1. The van der Waals surface area contributed by atoms with E-state index in [2.05, 4.69) is 67.8 Å². The summed E-state index contributed by atoms with van der Waals surface area (Å²) in [7, 11) is -4.36. The first-order chi connectivity index (χ1) is 24.3. The van der Waals surface area contributed by atoms with Crippen LogP contribution in [0, 0.1) is 0 Å². The maximum Gasteiger partial charge on any atom is 0.267 e. The van der Waals surface area contributed by atoms with E-state index in [1.165, 1.54) is 109 Å². The molecule has 0 aromatic carbocycles. The topological polar surface area (TPSA) is 104 Å². The maximum atomic E-state index is 12.5. The first-order valence-corrected chi connectivity index (χ1v) is 22.1. The quantitative estimate of drug-likeness (QED) is 0.0340. The minimum absolute atomic E-state index is 0.277. The molecule has 290 valence electrons. The lowest BCUT2D eigenvalue weighted by Gasteiger charge is -2.21. The van der Waals surface area contributed by atoms with Crippen molar-refractivity contribution in [1.29, 1.82) is 0 Å². The number of nitrogens with one attached hydrogen (secondary N) is 1. The number of unbranched alkanes of at least 4 members (excludes halogenated alkanes) is 20. The van der Waals surface area contributed by atoms with E-state index in [1.54, 1.807) is 6.08 Å². The second kappa shape index (κ2) is 36.8. The molecule has 0 spiro atoms. The van der Waals surface area contributed by atoms with Gasteiger partial charge in [0.1, 0.15) is 0 Å². The number of aliphatic hydroxyl groups excluding tert-OH is 1. The summed E-state index contributed by atoms with van der Waals surface area (Å²) in [6, 6.07) is -1.08. The lowest BCUT2D eigenvalue weighted by molar-refractivity contribution is -0.122. The van der Waals surface area contributed by atoms with Crippen LogP contribution >= 0.6 is 0 Å². The summed E-state index contributed by atoms with van der Waals surface area (Å²) < 4.78 is 32.4. The highest BCUT2D eigenvalue weighted by Gasteiger charge is 2.24. The van der Waals surface area contributed by atoms with Gasteiger partial charge in [0.15, 0.2) is 0 Å². The molecule has 3 N–H and O–H groups in total. The Hall–Kier alpha value is -1.96. The highest BCUT2D eigenvalue weighted by molar-refractivity contribution is 7.85. The van der Waals surface area contributed by atoms with E-state index < -0.39 is 28.0 Å². The van der Waals surface area contributed by atoms with Gasteiger partial charge in [-0.15, -0.1) is 0 Å². The molecule has 1 amide bonds. The zero-order valence-corrected chi connectivity index (χ0v) is 33.1. The van der Waals surface area contributed by atoms with Crippen molar-refractivity contribution in [3.63, 3.8) is 0 Å². The van der Waals surface area contributed by atoms with Crippen LogP contribution in [0.1, 0.15) is 187 Å². The van der Waals surface area contributed by atoms with Crippen molar-refractivity contribution in [2.75, 3.05) is 5.75 Å². The fraction of sp³-hybridized carbons (Fsp3) is 0.744. The highest BCUT2D eigenvalue weighted by atomic mass is 32.2. The van der Waals surface area contributed by atoms with Crippen LogP contribution in [0.15, 0.2) is 60.8 Å². The summed E-state index contributed by atoms with van der Waals surface area (Å²) in [6.45, 7) is 4.48. The van der Waals surface area contributed by atoms with Crippen LogP contribution in [0.25, 0.3) is 0 Å². The van der Waals surface area contributed by atoms with E-state index in [-0.39, 0.29) is 12.3 Å². The Kier molecular flexibility index (Phi) is 35.4. The number of carbonyl (C=O) groups is 1. The Balaban J connectivity index is 3.97. The zero-order chi connectivity index (χ0) is 36.8. The molecule has 7 heteroatoms. The van der Waals surface area contributed by atoms with Crippen LogP contribution in [0.3, 0.4) is 0 Å². The third-order valence-corrected chi connectivity index (χ3v) is 9.67. The first-order valence-electron chi connectivity index (χ1n) is 20.5. The van der Waals surface area contributed by atoms with Gasteiger partial charge < -0.3 is 10.4 Å². The summed E-state index contributed by atoms with van der Waals surface area (Å²) in [5.74, 6) is -1.02. The summed E-state index contributed by atoms with van der Waals surface area (Å²) in [4.78, 5) is 12.5. The molecule has 0 aliphatic carbocycles. The molecule has 0 aliphatic rings. The molecule has 0 saturated heterocycles. The molecule has 0 aromatic rings. The largest absolute Gasteiger partial charge is 0.387 e. The molecule has 0 aromatic heterocycles. The normalized spacial score (nSPS) is 13.9. The fourth-order valence-corrected chi connectivity index (χ4v) is 6.54. The van der Waals surface area contributed by atoms with Crippen LogP contribution in [0.2, 0.25) is 0 Å². The summed E-state index contributed by atoms with van der Waals surface area (Å²) in [6.07, 6.45) is 50.6. The zero-order valence-electron chi connectivity index (χ0n) is 32.3. The first kappa shape index (κ1) is 48.0. The van der Waals surface area contributed by atoms with Gasteiger partial charge >= 0.3 is 0 Å². The SMILES string of the molecule is CCCCCC/C=C/CC/C=C/CC/C=C/C(O)C(CS(=O)(=O)O)NC(=O)CCCCCCCCCCC/C=C\C/C=C\CCCCCCC. The van der Waals surface area contributed by atoms with Gasteiger partial charge in [-0.1, -0.05) is 164 Å². The molecule has 50 heavy (non-hydrogen) atoms. The van der Waals surface area contributed by atoms with Crippen molar-refractivity contribution in [3.05, 3.63) is 60.8 Å². The van der Waals surface area contributed by atoms with Gasteiger partial charge in [0.05, 0.1) is 17.9 Å². The summed E-state index contributed by atoms with van der Waals surface area (Å²) in [5, 5.41) is 13.2. The van der Waals surface area contributed by atoms with Gasteiger partial charge in [-0.25, -0.2) is 0 Å². The molecule has 6 nitrogen and oxygen atoms in total. The van der Waals surface area contributed by atoms with Gasteiger partial charge in [0, 0.05) is 6.42 Å². The molecule has 0 bridgehead atoms. The minimum Gasteiger partial charge on any atom is -0.387 e. The Morgan fingerprint density at radius 2 is 0.920 bits per heavy atom. The average Bonchev–Trinajstić information content (AvgIpc) is 3.08. The van der Waals surface area contributed by atoms with Crippen LogP contribution in [0.5, 0.6) is 0 Å². The molecule has 0 aliphatic heterocycles. The summed E-state index contributed by atoms with van der Waals surface area (Å²) >= 11 is 0. The molecule has 2 unspecified atom stereocenters. The average molecular weight is 720 g/mol. The Bertz CT molecular complexity index is 1010. The van der Waals surface area contributed by atoms with Crippen molar-refractivity contribution in [3.8, 4) is 0 Å². The van der Waals surface area contributed by atoms with Crippen LogP contribution in [-0.4, -0.2) is 41.9 Å². The van der Waals surface area contributed by atoms with Crippen molar-refractivity contribution in [2.24, 2.45) is 0 Å². The van der Waals surface area contributed by atoms with Crippen molar-refractivity contribution in [1.82, 2.24) is 5.32 Å². The molecule has 0 heterocycles. The monoisotopic (exact) mass is 720 g/mol. The Morgan fingerprint density at radius 3 is 1.40 bits per heavy atom. The van der Waals surface area contributed by atoms with Crippen LogP contribution < -0.4 is 5.32 Å². The third-order valence-electron chi connectivity index (χ3n) is 8.89. The van der Waals surface area contributed by atoms with Crippen molar-refractivity contribution >= 4 is 16.0 Å². The second-order valence-corrected chi connectivity index (χ2v) is 15.4. The maximum absolute atomic E-state index is 12.5.